The number of thioether (sulfide) groups is 1. The van der Waals surface area contributed by atoms with Crippen molar-refractivity contribution in [3.8, 4) is 0 Å². The molecule has 0 aliphatic heterocycles. The number of amides is 1. The standard InChI is InChI=1S/C12H20N4OS/c1-9-7-10(8-11(15-9)16-13)12(17)14-5-3-4-6-18-2/h7-8H,3-6,13H2,1-2H3,(H,14,17)(H,15,16). The third kappa shape index (κ3) is 4.93. The molecule has 1 amide bonds. The number of carbonyl (C=O) groups excluding carboxylic acids is 1. The van der Waals surface area contributed by atoms with Gasteiger partial charge in [-0.2, -0.15) is 11.8 Å². The van der Waals surface area contributed by atoms with E-state index >= 15 is 0 Å². The molecule has 18 heavy (non-hydrogen) atoms. The third-order valence-electron chi connectivity index (χ3n) is 2.42. The molecular weight excluding hydrogens is 248 g/mol. The molecule has 1 heterocycles. The molecule has 6 heteroatoms. The molecule has 1 aromatic rings. The molecular formula is C12H20N4OS. The van der Waals surface area contributed by atoms with E-state index in [2.05, 4.69) is 22.0 Å². The van der Waals surface area contributed by atoms with Crippen molar-refractivity contribution >= 4 is 23.5 Å². The molecule has 0 aliphatic carbocycles. The highest BCUT2D eigenvalue weighted by Gasteiger charge is 2.07. The van der Waals surface area contributed by atoms with Crippen molar-refractivity contribution in [3.63, 3.8) is 0 Å². The monoisotopic (exact) mass is 268 g/mol. The van der Waals surface area contributed by atoms with Crippen LogP contribution in [0.25, 0.3) is 0 Å². The maximum absolute atomic E-state index is 11.9. The number of nitrogen functional groups attached to an aromatic ring is 1. The van der Waals surface area contributed by atoms with Crippen molar-refractivity contribution in [2.75, 3.05) is 24.0 Å². The van der Waals surface area contributed by atoms with Gasteiger partial charge in [0.2, 0.25) is 0 Å². The first-order valence-electron chi connectivity index (χ1n) is 5.90. The molecule has 0 atom stereocenters. The minimum absolute atomic E-state index is 0.0823. The summed E-state index contributed by atoms with van der Waals surface area (Å²) in [6.45, 7) is 2.53. The number of aryl methyl sites for hydroxylation is 1. The molecule has 0 bridgehead atoms. The van der Waals surface area contributed by atoms with E-state index in [4.69, 9.17) is 5.84 Å². The molecule has 0 unspecified atom stereocenters. The van der Waals surface area contributed by atoms with Crippen LogP contribution < -0.4 is 16.6 Å². The van der Waals surface area contributed by atoms with E-state index in [1.807, 2.05) is 18.7 Å². The lowest BCUT2D eigenvalue weighted by Gasteiger charge is -2.07. The second-order valence-corrected chi connectivity index (χ2v) is 4.97. The van der Waals surface area contributed by atoms with Crippen LogP contribution in [0.3, 0.4) is 0 Å². The second-order valence-electron chi connectivity index (χ2n) is 3.98. The van der Waals surface area contributed by atoms with Gasteiger partial charge in [-0.3, -0.25) is 4.79 Å². The minimum Gasteiger partial charge on any atom is -0.352 e. The topological polar surface area (TPSA) is 80.0 Å². The highest BCUT2D eigenvalue weighted by atomic mass is 32.2. The molecule has 0 saturated heterocycles. The number of rotatable bonds is 7. The van der Waals surface area contributed by atoms with E-state index in [0.717, 1.165) is 24.3 Å². The van der Waals surface area contributed by atoms with Gasteiger partial charge in [0.05, 0.1) is 0 Å². The molecule has 0 aliphatic rings. The Morgan fingerprint density at radius 2 is 2.22 bits per heavy atom. The van der Waals surface area contributed by atoms with Crippen molar-refractivity contribution in [2.24, 2.45) is 5.84 Å². The predicted octanol–water partition coefficient (Wildman–Crippen LogP) is 1.55. The summed E-state index contributed by atoms with van der Waals surface area (Å²) in [6, 6.07) is 3.39. The number of pyridine rings is 1. The zero-order valence-corrected chi connectivity index (χ0v) is 11.6. The zero-order valence-electron chi connectivity index (χ0n) is 10.8. The number of nitrogens with zero attached hydrogens (tertiary/aromatic N) is 1. The first kappa shape index (κ1) is 14.8. The lowest BCUT2D eigenvalue weighted by Crippen LogP contribution is -2.25. The molecule has 5 nitrogen and oxygen atoms in total. The number of aromatic nitrogens is 1. The van der Waals surface area contributed by atoms with Crippen LogP contribution in [0, 0.1) is 6.92 Å². The van der Waals surface area contributed by atoms with Crippen LogP contribution in [-0.4, -0.2) is 29.4 Å². The highest BCUT2D eigenvalue weighted by molar-refractivity contribution is 7.98. The van der Waals surface area contributed by atoms with Crippen molar-refractivity contribution in [1.82, 2.24) is 10.3 Å². The van der Waals surface area contributed by atoms with Crippen LogP contribution in [0.4, 0.5) is 5.82 Å². The van der Waals surface area contributed by atoms with E-state index in [1.165, 1.54) is 0 Å². The molecule has 0 aromatic carbocycles. The summed E-state index contributed by atoms with van der Waals surface area (Å²) in [5, 5.41) is 2.89. The summed E-state index contributed by atoms with van der Waals surface area (Å²) in [7, 11) is 0. The normalized spacial score (nSPS) is 10.2. The van der Waals surface area contributed by atoms with Crippen molar-refractivity contribution < 1.29 is 4.79 Å². The Balaban J connectivity index is 2.48. The number of anilines is 1. The van der Waals surface area contributed by atoms with E-state index in [0.29, 0.717) is 17.9 Å². The van der Waals surface area contributed by atoms with Crippen molar-refractivity contribution in [3.05, 3.63) is 23.4 Å². The van der Waals surface area contributed by atoms with Crippen LogP contribution in [0.2, 0.25) is 0 Å². The van der Waals surface area contributed by atoms with Gasteiger partial charge in [0.15, 0.2) is 0 Å². The van der Waals surface area contributed by atoms with Gasteiger partial charge in [-0.15, -0.1) is 0 Å². The quantitative estimate of drug-likeness (QED) is 0.397. The number of hydrazine groups is 1. The molecule has 4 N–H and O–H groups in total. The summed E-state index contributed by atoms with van der Waals surface area (Å²) in [6.07, 6.45) is 4.20. The van der Waals surface area contributed by atoms with Gasteiger partial charge in [0, 0.05) is 17.8 Å². The maximum atomic E-state index is 11.9. The van der Waals surface area contributed by atoms with Gasteiger partial charge in [0.1, 0.15) is 5.82 Å². The van der Waals surface area contributed by atoms with Crippen LogP contribution in [-0.2, 0) is 0 Å². The van der Waals surface area contributed by atoms with Crippen LogP contribution >= 0.6 is 11.8 Å². The third-order valence-corrected chi connectivity index (χ3v) is 3.12. The van der Waals surface area contributed by atoms with Gasteiger partial charge in [0.25, 0.3) is 5.91 Å². The van der Waals surface area contributed by atoms with Crippen LogP contribution in [0.5, 0.6) is 0 Å². The molecule has 0 radical (unpaired) electrons. The van der Waals surface area contributed by atoms with Crippen molar-refractivity contribution in [2.45, 2.75) is 19.8 Å². The molecule has 0 fully saturated rings. The van der Waals surface area contributed by atoms with E-state index in [-0.39, 0.29) is 5.91 Å². The molecule has 1 rings (SSSR count). The van der Waals surface area contributed by atoms with Gasteiger partial charge in [-0.05, 0) is 43.9 Å². The predicted molar refractivity (Wildman–Crippen MR) is 76.7 cm³/mol. The van der Waals surface area contributed by atoms with E-state index in [1.54, 1.807) is 12.1 Å². The Morgan fingerprint density at radius 1 is 1.44 bits per heavy atom. The number of carbonyl (C=O) groups is 1. The van der Waals surface area contributed by atoms with Gasteiger partial charge < -0.3 is 10.7 Å². The fourth-order valence-corrected chi connectivity index (χ4v) is 2.04. The largest absolute Gasteiger partial charge is 0.352 e. The average molecular weight is 268 g/mol. The van der Waals surface area contributed by atoms with E-state index in [9.17, 15) is 4.79 Å². The smallest absolute Gasteiger partial charge is 0.251 e. The van der Waals surface area contributed by atoms with E-state index < -0.39 is 0 Å². The first-order valence-corrected chi connectivity index (χ1v) is 7.29. The number of unbranched alkanes of at least 4 members (excludes halogenated alkanes) is 1. The first-order chi connectivity index (χ1) is 8.67. The van der Waals surface area contributed by atoms with Gasteiger partial charge in [-0.25, -0.2) is 10.8 Å². The summed E-state index contributed by atoms with van der Waals surface area (Å²) >= 11 is 1.82. The van der Waals surface area contributed by atoms with Crippen molar-refractivity contribution in [1.29, 1.82) is 0 Å². The fourth-order valence-electron chi connectivity index (χ4n) is 1.55. The second kappa shape index (κ2) is 7.94. The molecule has 100 valence electrons. The Hall–Kier alpha value is -1.27. The number of hydrogen-bond acceptors (Lipinski definition) is 5. The lowest BCUT2D eigenvalue weighted by molar-refractivity contribution is 0.0953. The fraction of sp³-hybridized carbons (Fsp3) is 0.500. The van der Waals surface area contributed by atoms with Gasteiger partial charge in [-0.1, -0.05) is 0 Å². The Morgan fingerprint density at radius 3 is 2.89 bits per heavy atom. The number of nitrogens with two attached hydrogens (primary N) is 1. The summed E-state index contributed by atoms with van der Waals surface area (Å²) in [5.74, 6) is 6.85. The zero-order chi connectivity index (χ0) is 13.4. The number of hydrogen-bond donors (Lipinski definition) is 3. The Bertz CT molecular complexity index is 398. The summed E-state index contributed by atoms with van der Waals surface area (Å²) in [4.78, 5) is 16.0. The lowest BCUT2D eigenvalue weighted by atomic mass is 10.2. The number of nitrogens with one attached hydrogen (secondary N) is 2. The van der Waals surface area contributed by atoms with Crippen LogP contribution in [0.15, 0.2) is 12.1 Å². The molecule has 0 spiro atoms. The average Bonchev–Trinajstić information content (AvgIpc) is 2.37. The minimum atomic E-state index is -0.0823. The summed E-state index contributed by atoms with van der Waals surface area (Å²) in [5.41, 5.74) is 3.80. The van der Waals surface area contributed by atoms with Crippen LogP contribution in [0.1, 0.15) is 28.9 Å². The molecule has 1 aromatic heterocycles. The maximum Gasteiger partial charge on any atom is 0.251 e. The Kier molecular flexibility index (Phi) is 6.53. The summed E-state index contributed by atoms with van der Waals surface area (Å²) < 4.78 is 0. The van der Waals surface area contributed by atoms with Gasteiger partial charge >= 0.3 is 0 Å². The Labute approximate surface area is 112 Å². The SMILES string of the molecule is CSCCCCNC(=O)c1cc(C)nc(NN)c1. The molecule has 0 saturated carbocycles. The highest BCUT2D eigenvalue weighted by Crippen LogP contribution is 2.09.